The van der Waals surface area contributed by atoms with Crippen molar-refractivity contribution in [3.63, 3.8) is 0 Å². The number of hydrogen-bond acceptors (Lipinski definition) is 1. The molecule has 3 rings (SSSR count). The summed E-state index contributed by atoms with van der Waals surface area (Å²) in [5.41, 5.74) is 2.61. The molecule has 30 heavy (non-hydrogen) atoms. The standard InChI is InChI=1S/C27H29O.BrH.Mg/c1-3-5-9-22-26(4-2)28-27(23-16-10-6-11-17-23,24-18-12-7-13-19-24)25-20-14-8-15-21-25;;/h2,4,6-8,10-21,26H,3,5,9,22H2,1H3;1H;/q-1;;+2/p-1. The molecule has 0 amide bonds. The van der Waals surface area contributed by atoms with Crippen LogP contribution in [0.2, 0.25) is 0 Å². The van der Waals surface area contributed by atoms with Gasteiger partial charge in [0.25, 0.3) is 0 Å². The largest absolute Gasteiger partial charge is 2.00 e. The maximum atomic E-state index is 6.91. The van der Waals surface area contributed by atoms with Gasteiger partial charge in [-0.1, -0.05) is 117 Å². The summed E-state index contributed by atoms with van der Waals surface area (Å²) in [5, 5.41) is 0. The average Bonchev–Trinajstić information content (AvgIpc) is 2.78. The van der Waals surface area contributed by atoms with Crippen molar-refractivity contribution in [1.29, 1.82) is 0 Å². The van der Waals surface area contributed by atoms with E-state index in [1.54, 1.807) is 6.08 Å². The molecule has 0 aliphatic carbocycles. The van der Waals surface area contributed by atoms with Crippen LogP contribution in [0.5, 0.6) is 0 Å². The molecule has 0 saturated heterocycles. The van der Waals surface area contributed by atoms with E-state index in [9.17, 15) is 0 Å². The molecule has 0 spiro atoms. The van der Waals surface area contributed by atoms with Crippen LogP contribution < -0.4 is 17.0 Å². The summed E-state index contributed by atoms with van der Waals surface area (Å²) >= 11 is 0. The molecule has 3 heteroatoms. The van der Waals surface area contributed by atoms with E-state index in [1.807, 2.05) is 18.2 Å². The summed E-state index contributed by atoms with van der Waals surface area (Å²) < 4.78 is 6.91. The summed E-state index contributed by atoms with van der Waals surface area (Å²) in [4.78, 5) is 0. The third-order valence-electron chi connectivity index (χ3n) is 5.18. The zero-order valence-electron chi connectivity index (χ0n) is 17.7. The molecule has 0 radical (unpaired) electrons. The Morgan fingerprint density at radius 3 is 1.50 bits per heavy atom. The summed E-state index contributed by atoms with van der Waals surface area (Å²) in [6.07, 6.45) is 5.95. The van der Waals surface area contributed by atoms with E-state index in [1.165, 1.54) is 12.8 Å². The Balaban J connectivity index is 0.00000225. The van der Waals surface area contributed by atoms with Gasteiger partial charge in [0, 0.05) is 6.10 Å². The minimum atomic E-state index is -0.712. The van der Waals surface area contributed by atoms with Crippen molar-refractivity contribution in [2.45, 2.75) is 44.3 Å². The van der Waals surface area contributed by atoms with Crippen LogP contribution in [0.3, 0.4) is 0 Å². The molecule has 0 aliphatic rings. The van der Waals surface area contributed by atoms with E-state index < -0.39 is 5.60 Å². The van der Waals surface area contributed by atoms with Gasteiger partial charge < -0.3 is 28.3 Å². The molecule has 0 saturated carbocycles. The van der Waals surface area contributed by atoms with Gasteiger partial charge in [-0.3, -0.25) is 0 Å². The van der Waals surface area contributed by atoms with Gasteiger partial charge in [-0.15, -0.1) is 0 Å². The summed E-state index contributed by atoms with van der Waals surface area (Å²) in [6, 6.07) is 31.4. The molecular formula is C27H29BrMgO. The maximum absolute atomic E-state index is 6.91. The van der Waals surface area contributed by atoms with E-state index in [4.69, 9.17) is 11.3 Å². The molecule has 1 unspecified atom stereocenters. The smallest absolute Gasteiger partial charge is 1.00 e. The fourth-order valence-corrected chi connectivity index (χ4v) is 3.74. The first-order valence-electron chi connectivity index (χ1n) is 10.2. The molecule has 0 aromatic heterocycles. The molecular weight excluding hydrogens is 445 g/mol. The van der Waals surface area contributed by atoms with Gasteiger partial charge in [-0.05, 0) is 23.1 Å². The molecule has 0 fully saturated rings. The number of unbranched alkanes of at least 4 members (excludes halogenated alkanes) is 2. The number of ether oxygens (including phenoxy) is 1. The Morgan fingerprint density at radius 1 is 0.767 bits per heavy atom. The molecule has 1 nitrogen and oxygen atoms in total. The van der Waals surface area contributed by atoms with Gasteiger partial charge in [0.05, 0.1) is 0 Å². The normalized spacial score (nSPS) is 11.6. The summed E-state index contributed by atoms with van der Waals surface area (Å²) in [7, 11) is 0. The topological polar surface area (TPSA) is 9.23 Å². The predicted molar refractivity (Wildman–Crippen MR) is 123 cm³/mol. The van der Waals surface area contributed by atoms with Gasteiger partial charge in [0.2, 0.25) is 0 Å². The Hall–Kier alpha value is -1.39. The molecule has 152 valence electrons. The van der Waals surface area contributed by atoms with Crippen LogP contribution in [-0.2, 0) is 10.3 Å². The maximum Gasteiger partial charge on any atom is 2.00 e. The molecule has 3 aromatic rings. The zero-order valence-corrected chi connectivity index (χ0v) is 20.7. The van der Waals surface area contributed by atoms with Crippen molar-refractivity contribution in [2.75, 3.05) is 0 Å². The van der Waals surface area contributed by atoms with E-state index >= 15 is 0 Å². The van der Waals surface area contributed by atoms with E-state index in [-0.39, 0.29) is 46.1 Å². The Labute approximate surface area is 208 Å². The number of halogens is 1. The van der Waals surface area contributed by atoms with Gasteiger partial charge in [-0.25, -0.2) is 6.08 Å². The van der Waals surface area contributed by atoms with Crippen LogP contribution in [0.4, 0.5) is 0 Å². The third kappa shape index (κ3) is 6.30. The van der Waals surface area contributed by atoms with Gasteiger partial charge in [0.15, 0.2) is 0 Å². The zero-order chi connectivity index (χ0) is 19.7. The van der Waals surface area contributed by atoms with Crippen LogP contribution in [0.1, 0.15) is 49.3 Å². The van der Waals surface area contributed by atoms with Crippen LogP contribution >= 0.6 is 0 Å². The minimum Gasteiger partial charge on any atom is -1.00 e. The SMILES string of the molecule is [Br-].[CH-]=CC(CCCCC)OC(c1ccccc1)(c1ccccc1)c1ccccc1.[Mg+2]. The summed E-state index contributed by atoms with van der Waals surface area (Å²) in [5.74, 6) is 0. The van der Waals surface area contributed by atoms with E-state index in [0.717, 1.165) is 29.5 Å². The van der Waals surface area contributed by atoms with Crippen LogP contribution in [0.15, 0.2) is 97.1 Å². The van der Waals surface area contributed by atoms with Crippen molar-refractivity contribution in [2.24, 2.45) is 0 Å². The first-order chi connectivity index (χ1) is 13.8. The van der Waals surface area contributed by atoms with Gasteiger partial charge >= 0.3 is 23.1 Å². The van der Waals surface area contributed by atoms with E-state index in [2.05, 4.69) is 79.7 Å². The monoisotopic (exact) mass is 472 g/mol. The van der Waals surface area contributed by atoms with Crippen molar-refractivity contribution >= 4 is 23.1 Å². The van der Waals surface area contributed by atoms with Crippen molar-refractivity contribution in [1.82, 2.24) is 0 Å². The molecule has 1 atom stereocenters. The summed E-state index contributed by atoms with van der Waals surface area (Å²) in [6.45, 7) is 8.26. The van der Waals surface area contributed by atoms with Crippen molar-refractivity contribution in [3.8, 4) is 0 Å². The molecule has 0 N–H and O–H groups in total. The average molecular weight is 474 g/mol. The number of benzene rings is 3. The molecule has 0 aliphatic heterocycles. The first kappa shape index (κ1) is 26.6. The second-order valence-electron chi connectivity index (χ2n) is 7.12. The van der Waals surface area contributed by atoms with Gasteiger partial charge in [-0.2, -0.15) is 0 Å². The fourth-order valence-electron chi connectivity index (χ4n) is 3.74. The second kappa shape index (κ2) is 13.8. The fraction of sp³-hybridized carbons (Fsp3) is 0.259. The van der Waals surface area contributed by atoms with Gasteiger partial charge in [0.1, 0.15) is 5.60 Å². The van der Waals surface area contributed by atoms with Crippen molar-refractivity contribution in [3.05, 3.63) is 120 Å². The van der Waals surface area contributed by atoms with Crippen LogP contribution in [0.25, 0.3) is 0 Å². The number of rotatable bonds is 10. The van der Waals surface area contributed by atoms with Crippen molar-refractivity contribution < 1.29 is 21.7 Å². The van der Waals surface area contributed by atoms with Crippen LogP contribution in [0, 0.1) is 6.58 Å². The minimum absolute atomic E-state index is 0. The number of hydrogen-bond donors (Lipinski definition) is 0. The first-order valence-corrected chi connectivity index (χ1v) is 10.2. The molecule has 0 heterocycles. The third-order valence-corrected chi connectivity index (χ3v) is 5.18. The Kier molecular flexibility index (Phi) is 12.3. The Morgan fingerprint density at radius 2 is 1.17 bits per heavy atom. The quantitative estimate of drug-likeness (QED) is 0.189. The second-order valence-corrected chi connectivity index (χ2v) is 7.12. The van der Waals surface area contributed by atoms with Crippen LogP contribution in [-0.4, -0.2) is 29.2 Å². The molecule has 3 aromatic carbocycles. The predicted octanol–water partition coefficient (Wildman–Crippen LogP) is 3.56. The Bertz CT molecular complexity index is 740. The molecule has 0 bridgehead atoms. The van der Waals surface area contributed by atoms with E-state index in [0.29, 0.717) is 0 Å².